The van der Waals surface area contributed by atoms with E-state index in [1.165, 1.54) is 37.4 Å². The number of amides is 2. The summed E-state index contributed by atoms with van der Waals surface area (Å²) in [4.78, 5) is 28.3. The van der Waals surface area contributed by atoms with E-state index in [1.807, 2.05) is 6.08 Å². The van der Waals surface area contributed by atoms with Crippen molar-refractivity contribution in [2.75, 3.05) is 7.05 Å². The number of nitrogens with zero attached hydrogens (tertiary/aromatic N) is 1. The van der Waals surface area contributed by atoms with Gasteiger partial charge >= 0.3 is 0 Å². The first-order valence-electron chi connectivity index (χ1n) is 9.91. The number of rotatable bonds is 6. The summed E-state index contributed by atoms with van der Waals surface area (Å²) >= 11 is 0. The van der Waals surface area contributed by atoms with Gasteiger partial charge in [-0.1, -0.05) is 24.3 Å². The first-order valence-corrected chi connectivity index (χ1v) is 11.4. The minimum absolute atomic E-state index is 0.000330. The second-order valence-electron chi connectivity index (χ2n) is 7.27. The molecule has 0 bridgehead atoms. The number of sulfone groups is 1. The van der Waals surface area contributed by atoms with E-state index >= 15 is 0 Å². The predicted molar refractivity (Wildman–Crippen MR) is 118 cm³/mol. The highest BCUT2D eigenvalue weighted by Crippen LogP contribution is 2.26. The number of hydrogen-bond acceptors (Lipinski definition) is 6. The van der Waals surface area contributed by atoms with E-state index in [2.05, 4.69) is 15.6 Å². The van der Waals surface area contributed by atoms with Gasteiger partial charge in [0.1, 0.15) is 6.10 Å². The lowest BCUT2D eigenvalue weighted by Gasteiger charge is -2.14. The van der Waals surface area contributed by atoms with Crippen molar-refractivity contribution in [3.8, 4) is 0 Å². The highest BCUT2D eigenvalue weighted by atomic mass is 32.2. The Morgan fingerprint density at radius 1 is 1.06 bits per heavy atom. The molecule has 9 heteroatoms. The molecular weight excluding hydrogens is 430 g/mol. The first kappa shape index (κ1) is 21.5. The van der Waals surface area contributed by atoms with Crippen LogP contribution in [0.15, 0.2) is 87.4 Å². The zero-order chi connectivity index (χ0) is 22.7. The summed E-state index contributed by atoms with van der Waals surface area (Å²) in [6, 6.07) is 12.1. The average Bonchev–Trinajstić information content (AvgIpc) is 3.27. The molecule has 0 saturated heterocycles. The Labute approximate surface area is 185 Å². The summed E-state index contributed by atoms with van der Waals surface area (Å²) < 4.78 is 31.5. The van der Waals surface area contributed by atoms with Crippen LogP contribution in [0.3, 0.4) is 0 Å². The third-order valence-corrected chi connectivity index (χ3v) is 6.92. The molecule has 0 fully saturated rings. The first-order chi connectivity index (χ1) is 15.4. The second-order valence-corrected chi connectivity index (χ2v) is 9.22. The number of ether oxygens (including phenoxy) is 1. The van der Waals surface area contributed by atoms with Crippen LogP contribution in [-0.2, 0) is 25.9 Å². The smallest absolute Gasteiger partial charge is 0.286 e. The van der Waals surface area contributed by atoms with E-state index in [0.29, 0.717) is 0 Å². The van der Waals surface area contributed by atoms with Crippen LogP contribution >= 0.6 is 0 Å². The number of aliphatic imine (C=N–C) groups is 1. The van der Waals surface area contributed by atoms with Gasteiger partial charge in [0.15, 0.2) is 5.76 Å². The molecule has 0 radical (unpaired) electrons. The molecule has 2 aromatic carbocycles. The fourth-order valence-electron chi connectivity index (χ4n) is 3.38. The topological polar surface area (TPSA) is 114 Å². The van der Waals surface area contributed by atoms with Crippen molar-refractivity contribution in [1.29, 1.82) is 0 Å². The van der Waals surface area contributed by atoms with Crippen molar-refractivity contribution >= 4 is 27.9 Å². The molecule has 4 rings (SSSR count). The molecule has 32 heavy (non-hydrogen) atoms. The summed E-state index contributed by atoms with van der Waals surface area (Å²) in [5.41, 5.74) is 0.992. The Morgan fingerprint density at radius 2 is 1.84 bits per heavy atom. The molecule has 0 saturated carbocycles. The molecule has 2 aromatic rings. The SMILES string of the molecule is CNC(=O)c1cccc(S(=O)(=O)c2ccc(CNC(=O)C3=CC4C=CN=CC4O3)cc2)c1. The van der Waals surface area contributed by atoms with Crippen molar-refractivity contribution in [2.24, 2.45) is 10.9 Å². The van der Waals surface area contributed by atoms with E-state index in [0.717, 1.165) is 5.56 Å². The van der Waals surface area contributed by atoms with Crippen LogP contribution in [0, 0.1) is 5.92 Å². The molecule has 2 aliphatic rings. The number of carbonyl (C=O) groups excluding carboxylic acids is 2. The van der Waals surface area contributed by atoms with E-state index in [-0.39, 0.29) is 51.5 Å². The largest absolute Gasteiger partial charge is 0.478 e. The maximum absolute atomic E-state index is 12.9. The molecule has 2 unspecified atom stereocenters. The summed E-state index contributed by atoms with van der Waals surface area (Å²) in [5.74, 6) is -0.464. The number of fused-ring (bicyclic) bond motifs is 1. The summed E-state index contributed by atoms with van der Waals surface area (Å²) in [6.45, 7) is 0.214. The second kappa shape index (κ2) is 8.80. The van der Waals surface area contributed by atoms with Crippen LogP contribution in [0.2, 0.25) is 0 Å². The van der Waals surface area contributed by atoms with Gasteiger partial charge in [0.2, 0.25) is 9.84 Å². The Morgan fingerprint density at radius 3 is 2.56 bits per heavy atom. The third-order valence-electron chi connectivity index (χ3n) is 5.16. The minimum Gasteiger partial charge on any atom is -0.478 e. The summed E-state index contributed by atoms with van der Waals surface area (Å²) in [7, 11) is -2.31. The Hall–Kier alpha value is -3.72. The fourth-order valence-corrected chi connectivity index (χ4v) is 4.69. The molecule has 2 heterocycles. The highest BCUT2D eigenvalue weighted by molar-refractivity contribution is 7.91. The van der Waals surface area contributed by atoms with Crippen LogP contribution in [-0.4, -0.2) is 39.6 Å². The summed E-state index contributed by atoms with van der Waals surface area (Å²) in [6.07, 6.45) is 6.70. The molecule has 0 aliphatic carbocycles. The van der Waals surface area contributed by atoms with Crippen LogP contribution in [0.5, 0.6) is 0 Å². The number of benzene rings is 2. The normalized spacial score (nSPS) is 19.0. The molecular formula is C23H21N3O5S. The molecule has 164 valence electrons. The van der Waals surface area contributed by atoms with Crippen molar-refractivity contribution in [3.63, 3.8) is 0 Å². The third kappa shape index (κ3) is 4.33. The maximum Gasteiger partial charge on any atom is 0.286 e. The van der Waals surface area contributed by atoms with Crippen molar-refractivity contribution in [1.82, 2.24) is 10.6 Å². The standard InChI is InChI=1S/C23H21N3O5S/c1-24-22(27)17-3-2-4-19(11-17)32(29,30)18-7-5-15(6-8-18)13-26-23(28)20-12-16-9-10-25-14-21(16)31-20/h2-12,14,16,21H,13H2,1H3,(H,24,27)(H,26,28). The van der Waals surface area contributed by atoms with Crippen LogP contribution in [0.4, 0.5) is 0 Å². The van der Waals surface area contributed by atoms with Gasteiger partial charge in [-0.05, 0) is 42.0 Å². The monoisotopic (exact) mass is 451 g/mol. The maximum atomic E-state index is 12.9. The Balaban J connectivity index is 1.42. The van der Waals surface area contributed by atoms with E-state index in [1.54, 1.807) is 36.7 Å². The van der Waals surface area contributed by atoms with Crippen LogP contribution < -0.4 is 10.6 Å². The van der Waals surface area contributed by atoms with E-state index in [4.69, 9.17) is 4.74 Å². The quantitative estimate of drug-likeness (QED) is 0.697. The number of carbonyl (C=O) groups is 2. The van der Waals surface area contributed by atoms with Crippen molar-refractivity contribution in [3.05, 3.63) is 83.8 Å². The Bertz CT molecular complexity index is 1250. The highest BCUT2D eigenvalue weighted by Gasteiger charge is 2.30. The predicted octanol–water partition coefficient (Wildman–Crippen LogP) is 1.99. The van der Waals surface area contributed by atoms with Crippen molar-refractivity contribution < 1.29 is 22.7 Å². The molecule has 2 aliphatic heterocycles. The van der Waals surface area contributed by atoms with Crippen LogP contribution in [0.25, 0.3) is 0 Å². The van der Waals surface area contributed by atoms with Gasteiger partial charge in [0.05, 0.1) is 9.79 Å². The van der Waals surface area contributed by atoms with Gasteiger partial charge < -0.3 is 15.4 Å². The minimum atomic E-state index is -3.79. The molecule has 2 N–H and O–H groups in total. The molecule has 8 nitrogen and oxygen atoms in total. The van der Waals surface area contributed by atoms with Gasteiger partial charge in [-0.3, -0.25) is 14.6 Å². The van der Waals surface area contributed by atoms with Gasteiger partial charge in [-0.15, -0.1) is 0 Å². The van der Waals surface area contributed by atoms with Crippen molar-refractivity contribution in [2.45, 2.75) is 22.4 Å². The van der Waals surface area contributed by atoms with Gasteiger partial charge in [0.25, 0.3) is 11.8 Å². The molecule has 0 aromatic heterocycles. The summed E-state index contributed by atoms with van der Waals surface area (Å²) in [5, 5.41) is 5.25. The van der Waals surface area contributed by atoms with Gasteiger partial charge in [-0.25, -0.2) is 8.42 Å². The lowest BCUT2D eigenvalue weighted by atomic mass is 10.0. The zero-order valence-corrected chi connectivity index (χ0v) is 18.0. The van der Waals surface area contributed by atoms with Gasteiger partial charge in [-0.2, -0.15) is 0 Å². The average molecular weight is 452 g/mol. The lowest BCUT2D eigenvalue weighted by Crippen LogP contribution is -2.26. The van der Waals surface area contributed by atoms with Gasteiger partial charge in [0, 0.05) is 37.5 Å². The van der Waals surface area contributed by atoms with Crippen LogP contribution in [0.1, 0.15) is 15.9 Å². The zero-order valence-electron chi connectivity index (χ0n) is 17.2. The Kier molecular flexibility index (Phi) is 5.91. The molecule has 2 atom stereocenters. The number of hydrogen-bond donors (Lipinski definition) is 2. The number of nitrogens with one attached hydrogen (secondary N) is 2. The lowest BCUT2D eigenvalue weighted by molar-refractivity contribution is -0.121. The molecule has 2 amide bonds. The van der Waals surface area contributed by atoms with E-state index < -0.39 is 9.84 Å². The van der Waals surface area contributed by atoms with E-state index in [9.17, 15) is 18.0 Å². The fraction of sp³-hybridized carbons (Fsp3) is 0.174. The molecule has 0 spiro atoms.